The van der Waals surface area contributed by atoms with Crippen molar-refractivity contribution in [3.8, 4) is 34.4 Å². The van der Waals surface area contributed by atoms with E-state index in [1.165, 1.54) is 24.3 Å². The van der Waals surface area contributed by atoms with Crippen LogP contribution in [0.1, 0.15) is 15.9 Å². The lowest BCUT2D eigenvalue weighted by atomic mass is 10.1. The molecule has 34 heavy (non-hydrogen) atoms. The van der Waals surface area contributed by atoms with Gasteiger partial charge in [-0.15, -0.1) is 0 Å². The van der Waals surface area contributed by atoms with Crippen molar-refractivity contribution >= 4 is 5.91 Å². The molecule has 1 amide bonds. The smallest absolute Gasteiger partial charge is 0.321 e. The molecule has 0 aliphatic rings. The van der Waals surface area contributed by atoms with Crippen LogP contribution in [0, 0.1) is 5.82 Å². The summed E-state index contributed by atoms with van der Waals surface area (Å²) in [7, 11) is 3.16. The van der Waals surface area contributed by atoms with Gasteiger partial charge in [0, 0.05) is 41.7 Å². The molecule has 7 nitrogen and oxygen atoms in total. The van der Waals surface area contributed by atoms with Crippen LogP contribution in [0.3, 0.4) is 0 Å². The summed E-state index contributed by atoms with van der Waals surface area (Å²) < 4.78 is 29.1. The van der Waals surface area contributed by atoms with Crippen LogP contribution >= 0.6 is 0 Å². The number of halogens is 1. The molecule has 0 bridgehead atoms. The number of aromatic nitrogens is 2. The van der Waals surface area contributed by atoms with E-state index < -0.39 is 0 Å². The van der Waals surface area contributed by atoms with Crippen molar-refractivity contribution < 1.29 is 23.4 Å². The maximum atomic E-state index is 13.0. The van der Waals surface area contributed by atoms with E-state index in [1.54, 1.807) is 44.8 Å². The van der Waals surface area contributed by atoms with Crippen LogP contribution in [0.4, 0.5) is 4.39 Å². The molecule has 0 aliphatic heterocycles. The van der Waals surface area contributed by atoms with Gasteiger partial charge >= 0.3 is 6.01 Å². The van der Waals surface area contributed by atoms with Gasteiger partial charge in [-0.2, -0.15) is 0 Å². The molecule has 8 heteroatoms. The van der Waals surface area contributed by atoms with Gasteiger partial charge in [0.05, 0.1) is 14.2 Å². The van der Waals surface area contributed by atoms with Gasteiger partial charge in [0.15, 0.2) is 0 Å². The van der Waals surface area contributed by atoms with Crippen LogP contribution < -0.4 is 19.5 Å². The largest absolute Gasteiger partial charge is 0.497 e. The summed E-state index contributed by atoms with van der Waals surface area (Å²) in [5, 5.41) is 2.90. The number of carbonyl (C=O) groups is 1. The van der Waals surface area contributed by atoms with E-state index >= 15 is 0 Å². The third-order valence-corrected chi connectivity index (χ3v) is 5.06. The van der Waals surface area contributed by atoms with Crippen molar-refractivity contribution in [2.75, 3.05) is 14.2 Å². The minimum absolute atomic E-state index is 0.153. The standard InChI is InChI=1S/C26H22FN3O4/c1-32-23-10-7-19(24(13-23)33-2)14-28-25(31)18-5-3-17(4-6-18)20-15-29-26(30-16-20)34-22-11-8-21(27)9-12-22/h3-13,15-16H,14H2,1-2H3,(H,28,31). The first kappa shape index (κ1) is 22.7. The van der Waals surface area contributed by atoms with Crippen molar-refractivity contribution in [3.63, 3.8) is 0 Å². The van der Waals surface area contributed by atoms with Gasteiger partial charge < -0.3 is 19.5 Å². The molecule has 0 aliphatic carbocycles. The Labute approximate surface area is 196 Å². The highest BCUT2D eigenvalue weighted by Crippen LogP contribution is 2.25. The van der Waals surface area contributed by atoms with Crippen LogP contribution in [-0.4, -0.2) is 30.1 Å². The highest BCUT2D eigenvalue weighted by molar-refractivity contribution is 5.94. The van der Waals surface area contributed by atoms with E-state index in [2.05, 4.69) is 15.3 Å². The maximum Gasteiger partial charge on any atom is 0.321 e. The van der Waals surface area contributed by atoms with Crippen molar-refractivity contribution in [2.24, 2.45) is 0 Å². The van der Waals surface area contributed by atoms with E-state index in [-0.39, 0.29) is 17.7 Å². The first-order chi connectivity index (χ1) is 16.6. The molecule has 0 unspecified atom stereocenters. The first-order valence-corrected chi connectivity index (χ1v) is 10.4. The van der Waals surface area contributed by atoms with Gasteiger partial charge in [0.2, 0.25) is 0 Å². The fraction of sp³-hybridized carbons (Fsp3) is 0.115. The molecule has 0 atom stereocenters. The minimum atomic E-state index is -0.346. The topological polar surface area (TPSA) is 82.6 Å². The molecule has 3 aromatic carbocycles. The van der Waals surface area contributed by atoms with E-state index in [0.717, 1.165) is 16.7 Å². The number of hydrogen-bond acceptors (Lipinski definition) is 6. The van der Waals surface area contributed by atoms with Crippen molar-refractivity contribution in [2.45, 2.75) is 6.54 Å². The lowest BCUT2D eigenvalue weighted by molar-refractivity contribution is 0.0950. The Morgan fingerprint density at radius 1 is 0.853 bits per heavy atom. The van der Waals surface area contributed by atoms with Crippen LogP contribution in [0.5, 0.6) is 23.3 Å². The molecule has 0 saturated heterocycles. The van der Waals surface area contributed by atoms with Gasteiger partial charge in [-0.05, 0) is 54.1 Å². The summed E-state index contributed by atoms with van der Waals surface area (Å²) in [5.74, 6) is 1.21. The summed E-state index contributed by atoms with van der Waals surface area (Å²) in [4.78, 5) is 21.0. The molecule has 4 rings (SSSR count). The molecule has 0 radical (unpaired) electrons. The lowest BCUT2D eigenvalue weighted by Gasteiger charge is -2.11. The summed E-state index contributed by atoms with van der Waals surface area (Å²) in [6, 6.07) is 18.3. The van der Waals surface area contributed by atoms with Gasteiger partial charge in [0.25, 0.3) is 5.91 Å². The molecule has 1 heterocycles. The highest BCUT2D eigenvalue weighted by atomic mass is 19.1. The first-order valence-electron chi connectivity index (χ1n) is 10.4. The second-order valence-electron chi connectivity index (χ2n) is 7.25. The summed E-state index contributed by atoms with van der Waals surface area (Å²) in [6.45, 7) is 0.317. The molecule has 4 aromatic rings. The Morgan fingerprint density at radius 3 is 2.18 bits per heavy atom. The van der Waals surface area contributed by atoms with E-state index in [4.69, 9.17) is 14.2 Å². The van der Waals surface area contributed by atoms with E-state index in [0.29, 0.717) is 29.4 Å². The fourth-order valence-electron chi connectivity index (χ4n) is 3.22. The van der Waals surface area contributed by atoms with Gasteiger partial charge in [0.1, 0.15) is 23.1 Å². The number of rotatable bonds is 8. The molecule has 1 N–H and O–H groups in total. The predicted octanol–water partition coefficient (Wildman–Crippen LogP) is 5.02. The Bertz CT molecular complexity index is 1260. The molecule has 1 aromatic heterocycles. The number of hydrogen-bond donors (Lipinski definition) is 1. The SMILES string of the molecule is COc1ccc(CNC(=O)c2ccc(-c3cnc(Oc4ccc(F)cc4)nc3)cc2)c(OC)c1. The number of nitrogens with one attached hydrogen (secondary N) is 1. The molecule has 0 fully saturated rings. The zero-order valence-corrected chi connectivity index (χ0v) is 18.6. The molecular formula is C26H22FN3O4. The van der Waals surface area contributed by atoms with Gasteiger partial charge in [-0.3, -0.25) is 4.79 Å². The number of methoxy groups -OCH3 is 2. The van der Waals surface area contributed by atoms with Crippen molar-refractivity contribution in [3.05, 3.63) is 96.1 Å². The third kappa shape index (κ3) is 5.47. The second-order valence-corrected chi connectivity index (χ2v) is 7.25. The normalized spacial score (nSPS) is 10.4. The Kier molecular flexibility index (Phi) is 6.98. The minimum Gasteiger partial charge on any atom is -0.497 e. The fourth-order valence-corrected chi connectivity index (χ4v) is 3.22. The zero-order valence-electron chi connectivity index (χ0n) is 18.6. The zero-order chi connectivity index (χ0) is 23.9. The monoisotopic (exact) mass is 459 g/mol. The van der Waals surface area contributed by atoms with Crippen LogP contribution in [-0.2, 0) is 6.54 Å². The maximum absolute atomic E-state index is 13.0. The Hall–Kier alpha value is -4.46. The average Bonchev–Trinajstić information content (AvgIpc) is 2.89. The lowest BCUT2D eigenvalue weighted by Crippen LogP contribution is -2.23. The predicted molar refractivity (Wildman–Crippen MR) is 125 cm³/mol. The molecular weight excluding hydrogens is 437 g/mol. The second kappa shape index (κ2) is 10.4. The number of nitrogens with zero attached hydrogens (tertiary/aromatic N) is 2. The highest BCUT2D eigenvalue weighted by Gasteiger charge is 2.10. The van der Waals surface area contributed by atoms with Crippen molar-refractivity contribution in [1.29, 1.82) is 0 Å². The quantitative estimate of drug-likeness (QED) is 0.398. The Balaban J connectivity index is 1.38. The van der Waals surface area contributed by atoms with Gasteiger partial charge in [-0.1, -0.05) is 12.1 Å². The Morgan fingerprint density at radius 2 is 1.53 bits per heavy atom. The number of ether oxygens (including phenoxy) is 3. The number of carbonyl (C=O) groups excluding carboxylic acids is 1. The summed E-state index contributed by atoms with van der Waals surface area (Å²) in [5.41, 5.74) is 2.98. The number of benzene rings is 3. The van der Waals surface area contributed by atoms with Crippen LogP contribution in [0.2, 0.25) is 0 Å². The molecule has 172 valence electrons. The average molecular weight is 459 g/mol. The van der Waals surface area contributed by atoms with Crippen LogP contribution in [0.25, 0.3) is 11.1 Å². The van der Waals surface area contributed by atoms with Gasteiger partial charge in [-0.25, -0.2) is 14.4 Å². The third-order valence-electron chi connectivity index (χ3n) is 5.06. The molecule has 0 spiro atoms. The summed E-state index contributed by atoms with van der Waals surface area (Å²) >= 11 is 0. The van der Waals surface area contributed by atoms with E-state index in [1.807, 2.05) is 24.3 Å². The van der Waals surface area contributed by atoms with E-state index in [9.17, 15) is 9.18 Å². The van der Waals surface area contributed by atoms with Crippen LogP contribution in [0.15, 0.2) is 79.1 Å². The molecule has 0 saturated carbocycles. The number of amides is 1. The summed E-state index contributed by atoms with van der Waals surface area (Å²) in [6.07, 6.45) is 3.24. The van der Waals surface area contributed by atoms with Crippen molar-refractivity contribution in [1.82, 2.24) is 15.3 Å².